The Morgan fingerprint density at radius 2 is 1.80 bits per heavy atom. The summed E-state index contributed by atoms with van der Waals surface area (Å²) in [5, 5.41) is 0.151. The van der Waals surface area contributed by atoms with Gasteiger partial charge >= 0.3 is 5.97 Å². The summed E-state index contributed by atoms with van der Waals surface area (Å²) >= 11 is 0. The first-order valence-electron chi connectivity index (χ1n) is 7.37. The van der Waals surface area contributed by atoms with Crippen LogP contribution in [0.3, 0.4) is 0 Å². The topological polar surface area (TPSA) is 35.5 Å². The predicted octanol–water partition coefficient (Wildman–Crippen LogP) is 4.69. The maximum Gasteiger partial charge on any atom is 0.308 e. The molecule has 0 heterocycles. The van der Waals surface area contributed by atoms with Crippen LogP contribution in [0.2, 0.25) is 18.1 Å². The maximum atomic E-state index is 11.6. The van der Waals surface area contributed by atoms with Crippen molar-refractivity contribution in [3.8, 4) is 0 Å². The van der Waals surface area contributed by atoms with Gasteiger partial charge in [-0.05, 0) is 44.8 Å². The van der Waals surface area contributed by atoms with Crippen LogP contribution in [0.4, 0.5) is 0 Å². The Hall–Kier alpha value is -0.613. The molecule has 1 atom stereocenters. The Labute approximate surface area is 125 Å². The fourth-order valence-corrected chi connectivity index (χ4v) is 3.01. The molecule has 0 N–H and O–H groups in total. The summed E-state index contributed by atoms with van der Waals surface area (Å²) in [5.41, 5.74) is 1.30. The van der Waals surface area contributed by atoms with Crippen molar-refractivity contribution in [1.29, 1.82) is 0 Å². The van der Waals surface area contributed by atoms with Crippen molar-refractivity contribution in [2.75, 3.05) is 7.11 Å². The first-order valence-corrected chi connectivity index (χ1v) is 10.3. The van der Waals surface area contributed by atoms with Crippen LogP contribution in [0.15, 0.2) is 11.6 Å². The summed E-state index contributed by atoms with van der Waals surface area (Å²) in [5.74, 6) is -0.189. The number of ether oxygens (including phenoxy) is 1. The molecule has 0 fully saturated rings. The molecule has 118 valence electrons. The molecule has 0 saturated heterocycles. The Morgan fingerprint density at radius 3 is 2.20 bits per heavy atom. The molecule has 20 heavy (non-hydrogen) atoms. The predicted molar refractivity (Wildman–Crippen MR) is 87.4 cm³/mol. The van der Waals surface area contributed by atoms with E-state index in [9.17, 15) is 4.79 Å². The van der Waals surface area contributed by atoms with E-state index < -0.39 is 8.32 Å². The van der Waals surface area contributed by atoms with Gasteiger partial charge in [-0.1, -0.05) is 32.4 Å². The van der Waals surface area contributed by atoms with Crippen molar-refractivity contribution in [2.45, 2.75) is 78.1 Å². The fraction of sp³-hybridized carbons (Fsp3) is 0.812. The highest BCUT2D eigenvalue weighted by atomic mass is 28.4. The van der Waals surface area contributed by atoms with Crippen molar-refractivity contribution in [3.63, 3.8) is 0 Å². The average molecular weight is 301 g/mol. The molecule has 0 aromatic heterocycles. The van der Waals surface area contributed by atoms with Gasteiger partial charge in [-0.3, -0.25) is 4.79 Å². The van der Waals surface area contributed by atoms with Crippen molar-refractivity contribution < 1.29 is 14.0 Å². The number of hydrogen-bond donors (Lipinski definition) is 0. The molecule has 0 spiro atoms. The van der Waals surface area contributed by atoms with Gasteiger partial charge in [0.15, 0.2) is 8.32 Å². The lowest BCUT2D eigenvalue weighted by molar-refractivity contribution is -0.142. The summed E-state index contributed by atoms with van der Waals surface area (Å²) in [7, 11) is -0.421. The normalized spacial score (nSPS) is 13.8. The molecule has 0 aliphatic carbocycles. The second-order valence-corrected chi connectivity index (χ2v) is 11.9. The SMILES string of the molecule is COC(=O)C[C@H](CCC=C(C)C)O[Si](C)(C)C(C)(C)C. The Bertz CT molecular complexity index is 336. The molecule has 0 aliphatic heterocycles. The van der Waals surface area contributed by atoms with E-state index in [0.29, 0.717) is 6.42 Å². The lowest BCUT2D eigenvalue weighted by Crippen LogP contribution is -2.44. The molecule has 0 aliphatic rings. The molecular formula is C16H32O3Si. The second kappa shape index (κ2) is 7.98. The van der Waals surface area contributed by atoms with Crippen LogP contribution in [-0.4, -0.2) is 27.5 Å². The molecule has 0 aromatic rings. The maximum absolute atomic E-state index is 11.6. The van der Waals surface area contributed by atoms with E-state index in [2.05, 4.69) is 53.8 Å². The third-order valence-corrected chi connectivity index (χ3v) is 8.47. The van der Waals surface area contributed by atoms with E-state index in [1.54, 1.807) is 0 Å². The zero-order chi connectivity index (χ0) is 16.0. The van der Waals surface area contributed by atoms with E-state index in [1.165, 1.54) is 12.7 Å². The van der Waals surface area contributed by atoms with Gasteiger partial charge in [-0.2, -0.15) is 0 Å². The molecule has 0 rings (SSSR count). The van der Waals surface area contributed by atoms with Crippen molar-refractivity contribution >= 4 is 14.3 Å². The largest absolute Gasteiger partial charge is 0.469 e. The van der Waals surface area contributed by atoms with Gasteiger partial charge in [0.05, 0.1) is 19.6 Å². The van der Waals surface area contributed by atoms with Crippen LogP contribution in [0.5, 0.6) is 0 Å². The zero-order valence-electron chi connectivity index (χ0n) is 14.5. The molecule has 3 nitrogen and oxygen atoms in total. The van der Waals surface area contributed by atoms with Crippen molar-refractivity contribution in [2.24, 2.45) is 0 Å². The van der Waals surface area contributed by atoms with E-state index in [-0.39, 0.29) is 17.1 Å². The summed E-state index contributed by atoms with van der Waals surface area (Å²) in [4.78, 5) is 11.6. The van der Waals surface area contributed by atoms with Crippen LogP contribution < -0.4 is 0 Å². The van der Waals surface area contributed by atoms with Crippen molar-refractivity contribution in [3.05, 3.63) is 11.6 Å². The lowest BCUT2D eigenvalue weighted by Gasteiger charge is -2.39. The zero-order valence-corrected chi connectivity index (χ0v) is 15.5. The molecule has 0 saturated carbocycles. The van der Waals surface area contributed by atoms with Gasteiger partial charge in [0.1, 0.15) is 0 Å². The number of allylic oxidation sites excluding steroid dienone is 2. The van der Waals surface area contributed by atoms with E-state index >= 15 is 0 Å². The summed E-state index contributed by atoms with van der Waals surface area (Å²) in [6, 6.07) is 0. The molecule has 0 radical (unpaired) electrons. The van der Waals surface area contributed by atoms with Gasteiger partial charge in [-0.15, -0.1) is 0 Å². The van der Waals surface area contributed by atoms with Gasteiger partial charge in [-0.25, -0.2) is 0 Å². The van der Waals surface area contributed by atoms with Gasteiger partial charge in [0.2, 0.25) is 0 Å². The van der Waals surface area contributed by atoms with Crippen LogP contribution in [-0.2, 0) is 14.0 Å². The molecule has 0 aromatic carbocycles. The molecule has 0 unspecified atom stereocenters. The minimum Gasteiger partial charge on any atom is -0.469 e. The number of carbonyl (C=O) groups is 1. The molecule has 4 heteroatoms. The monoisotopic (exact) mass is 300 g/mol. The average Bonchev–Trinajstić information content (AvgIpc) is 2.25. The fourth-order valence-electron chi connectivity index (χ4n) is 1.62. The highest BCUT2D eigenvalue weighted by Crippen LogP contribution is 2.38. The number of methoxy groups -OCH3 is 1. The van der Waals surface area contributed by atoms with E-state index in [0.717, 1.165) is 12.8 Å². The number of rotatable bonds is 7. The first-order chi connectivity index (χ1) is 8.99. The lowest BCUT2D eigenvalue weighted by atomic mass is 10.1. The highest BCUT2D eigenvalue weighted by molar-refractivity contribution is 6.74. The Balaban J connectivity index is 4.76. The van der Waals surface area contributed by atoms with Gasteiger partial charge < -0.3 is 9.16 Å². The van der Waals surface area contributed by atoms with Gasteiger partial charge in [0, 0.05) is 0 Å². The van der Waals surface area contributed by atoms with Crippen LogP contribution >= 0.6 is 0 Å². The van der Waals surface area contributed by atoms with Crippen molar-refractivity contribution in [1.82, 2.24) is 0 Å². The number of esters is 1. The number of carbonyl (C=O) groups excluding carboxylic acids is 1. The summed E-state index contributed by atoms with van der Waals surface area (Å²) < 4.78 is 11.2. The first kappa shape index (κ1) is 19.4. The van der Waals surface area contributed by atoms with Crippen LogP contribution in [0, 0.1) is 0 Å². The minimum atomic E-state index is -1.85. The Kier molecular flexibility index (Phi) is 7.74. The smallest absolute Gasteiger partial charge is 0.308 e. The summed E-state index contributed by atoms with van der Waals surface area (Å²) in [6.07, 6.45) is 4.31. The standard InChI is InChI=1S/C16H32O3Si/c1-13(2)10-9-11-14(12-15(17)18-6)19-20(7,8)16(3,4)5/h10,14H,9,11-12H2,1-8H3/t14-/m0/s1. The van der Waals surface area contributed by atoms with Crippen LogP contribution in [0.1, 0.15) is 53.9 Å². The summed E-state index contributed by atoms with van der Waals surface area (Å²) in [6.45, 7) is 15.3. The van der Waals surface area contributed by atoms with E-state index in [4.69, 9.17) is 9.16 Å². The Morgan fingerprint density at radius 1 is 1.25 bits per heavy atom. The van der Waals surface area contributed by atoms with Gasteiger partial charge in [0.25, 0.3) is 0 Å². The minimum absolute atomic E-state index is 0.0426. The quantitative estimate of drug-likeness (QED) is 0.389. The molecule has 0 amide bonds. The second-order valence-electron chi connectivity index (χ2n) is 7.14. The highest BCUT2D eigenvalue weighted by Gasteiger charge is 2.39. The number of hydrogen-bond acceptors (Lipinski definition) is 3. The third-order valence-electron chi connectivity index (χ3n) is 3.93. The van der Waals surface area contributed by atoms with Crippen LogP contribution in [0.25, 0.3) is 0 Å². The molecular weight excluding hydrogens is 268 g/mol. The molecule has 0 bridgehead atoms. The third kappa shape index (κ3) is 7.24. The van der Waals surface area contributed by atoms with E-state index in [1.807, 2.05) is 0 Å².